The summed E-state index contributed by atoms with van der Waals surface area (Å²) in [7, 11) is 3.18. The number of nitrogens with one attached hydrogen (secondary N) is 2. The molecule has 0 saturated carbocycles. The van der Waals surface area contributed by atoms with Gasteiger partial charge in [0.05, 0.1) is 14.2 Å². The third-order valence-corrected chi connectivity index (χ3v) is 5.15. The van der Waals surface area contributed by atoms with E-state index in [-0.39, 0.29) is 12.1 Å². The highest BCUT2D eigenvalue weighted by atomic mass is 16.5. The van der Waals surface area contributed by atoms with Crippen molar-refractivity contribution in [1.29, 1.82) is 0 Å². The smallest absolute Gasteiger partial charge is 0.319 e. The van der Waals surface area contributed by atoms with Crippen LogP contribution in [0.3, 0.4) is 0 Å². The van der Waals surface area contributed by atoms with Crippen LogP contribution in [0.4, 0.5) is 10.5 Å². The predicted molar refractivity (Wildman–Crippen MR) is 111 cm³/mol. The minimum Gasteiger partial charge on any atom is -0.493 e. The van der Waals surface area contributed by atoms with Crippen LogP contribution >= 0.6 is 0 Å². The van der Waals surface area contributed by atoms with E-state index in [4.69, 9.17) is 9.47 Å². The fraction of sp³-hybridized carbons (Fsp3) is 0.409. The predicted octanol–water partition coefficient (Wildman–Crippen LogP) is 3.80. The maximum Gasteiger partial charge on any atom is 0.319 e. The molecule has 28 heavy (non-hydrogen) atoms. The van der Waals surface area contributed by atoms with Crippen LogP contribution in [-0.4, -0.2) is 44.3 Å². The number of amides is 2. The molecule has 0 unspecified atom stereocenters. The number of urea groups is 1. The Balaban J connectivity index is 1.50. The van der Waals surface area contributed by atoms with Gasteiger partial charge in [-0.25, -0.2) is 4.79 Å². The highest BCUT2D eigenvalue weighted by Gasteiger charge is 2.21. The number of nitrogens with zero attached hydrogens (tertiary/aromatic N) is 1. The first kappa shape index (κ1) is 20.0. The first-order valence-electron chi connectivity index (χ1n) is 9.65. The van der Waals surface area contributed by atoms with Gasteiger partial charge in [0.25, 0.3) is 0 Å². The Morgan fingerprint density at radius 3 is 2.36 bits per heavy atom. The summed E-state index contributed by atoms with van der Waals surface area (Å²) in [5, 5.41) is 6.03. The van der Waals surface area contributed by atoms with Crippen LogP contribution in [0.5, 0.6) is 11.5 Å². The molecule has 0 spiro atoms. The van der Waals surface area contributed by atoms with Crippen LogP contribution in [-0.2, 0) is 6.54 Å². The molecule has 3 rings (SSSR count). The van der Waals surface area contributed by atoms with Gasteiger partial charge in [-0.1, -0.05) is 30.3 Å². The zero-order chi connectivity index (χ0) is 19.9. The van der Waals surface area contributed by atoms with Crippen molar-refractivity contribution in [3.8, 4) is 11.5 Å². The van der Waals surface area contributed by atoms with E-state index >= 15 is 0 Å². The van der Waals surface area contributed by atoms with Gasteiger partial charge in [-0.05, 0) is 37.0 Å². The van der Waals surface area contributed by atoms with E-state index in [0.717, 1.165) is 43.7 Å². The Kier molecular flexibility index (Phi) is 6.76. The molecule has 2 aromatic rings. The average molecular weight is 383 g/mol. The zero-order valence-corrected chi connectivity index (χ0v) is 16.8. The van der Waals surface area contributed by atoms with Crippen molar-refractivity contribution in [3.05, 3.63) is 53.6 Å². The van der Waals surface area contributed by atoms with Gasteiger partial charge in [0.1, 0.15) is 0 Å². The molecule has 0 bridgehead atoms. The number of rotatable bonds is 6. The Hall–Kier alpha value is -2.73. The quantitative estimate of drug-likeness (QED) is 0.797. The van der Waals surface area contributed by atoms with Gasteiger partial charge >= 0.3 is 6.03 Å². The fourth-order valence-electron chi connectivity index (χ4n) is 3.54. The molecule has 0 radical (unpaired) electrons. The standard InChI is InChI=1S/C22H29N3O3/c1-16-13-20(27-2)21(28-3)14-19(16)24-22(26)23-18-9-11-25(12-10-18)15-17-7-5-4-6-8-17/h4-8,13-14,18H,9-12,15H2,1-3H3,(H2,23,24,26). The molecule has 0 aromatic heterocycles. The van der Waals surface area contributed by atoms with Crippen molar-refractivity contribution in [3.63, 3.8) is 0 Å². The number of anilines is 1. The van der Waals surface area contributed by atoms with Gasteiger partial charge in [0, 0.05) is 37.4 Å². The summed E-state index contributed by atoms with van der Waals surface area (Å²) >= 11 is 0. The van der Waals surface area contributed by atoms with E-state index in [2.05, 4.69) is 39.8 Å². The molecule has 1 aliphatic rings. The topological polar surface area (TPSA) is 62.8 Å². The number of likely N-dealkylation sites (tertiary alicyclic amines) is 1. The average Bonchev–Trinajstić information content (AvgIpc) is 2.71. The van der Waals surface area contributed by atoms with E-state index in [9.17, 15) is 4.79 Å². The molecule has 150 valence electrons. The van der Waals surface area contributed by atoms with Gasteiger partial charge in [0.2, 0.25) is 0 Å². The molecule has 6 nitrogen and oxygen atoms in total. The molecular weight excluding hydrogens is 354 g/mol. The molecule has 1 heterocycles. The molecule has 2 amide bonds. The van der Waals surface area contributed by atoms with Crippen LogP contribution in [0.15, 0.2) is 42.5 Å². The summed E-state index contributed by atoms with van der Waals surface area (Å²) in [4.78, 5) is 14.9. The molecule has 6 heteroatoms. The molecule has 0 atom stereocenters. The summed E-state index contributed by atoms with van der Waals surface area (Å²) in [6.45, 7) is 4.86. The van der Waals surface area contributed by atoms with Crippen molar-refractivity contribution in [2.45, 2.75) is 32.4 Å². The third-order valence-electron chi connectivity index (χ3n) is 5.15. The fourth-order valence-corrected chi connectivity index (χ4v) is 3.54. The van der Waals surface area contributed by atoms with Crippen LogP contribution in [0.1, 0.15) is 24.0 Å². The maximum atomic E-state index is 12.5. The van der Waals surface area contributed by atoms with Crippen molar-refractivity contribution in [1.82, 2.24) is 10.2 Å². The normalized spacial score (nSPS) is 15.1. The Morgan fingerprint density at radius 2 is 1.71 bits per heavy atom. The van der Waals surface area contributed by atoms with Gasteiger partial charge in [-0.15, -0.1) is 0 Å². The lowest BCUT2D eigenvalue weighted by molar-refractivity contribution is 0.190. The second-order valence-electron chi connectivity index (χ2n) is 7.16. The summed E-state index contributed by atoms with van der Waals surface area (Å²) in [5.74, 6) is 1.24. The van der Waals surface area contributed by atoms with Gasteiger partial charge in [0.15, 0.2) is 11.5 Å². The minimum atomic E-state index is -0.183. The zero-order valence-electron chi connectivity index (χ0n) is 16.8. The lowest BCUT2D eigenvalue weighted by Crippen LogP contribution is -2.45. The van der Waals surface area contributed by atoms with Crippen LogP contribution in [0.25, 0.3) is 0 Å². The van der Waals surface area contributed by atoms with Gasteiger partial charge in [-0.2, -0.15) is 0 Å². The van der Waals surface area contributed by atoms with Crippen LogP contribution in [0, 0.1) is 6.92 Å². The summed E-state index contributed by atoms with van der Waals surface area (Å²) < 4.78 is 10.6. The highest BCUT2D eigenvalue weighted by Crippen LogP contribution is 2.32. The van der Waals surface area contributed by atoms with Crippen molar-refractivity contribution >= 4 is 11.7 Å². The van der Waals surface area contributed by atoms with Crippen LogP contribution in [0.2, 0.25) is 0 Å². The van der Waals surface area contributed by atoms with Gasteiger partial charge in [-0.3, -0.25) is 4.90 Å². The summed E-state index contributed by atoms with van der Waals surface area (Å²) in [5.41, 5.74) is 2.97. The maximum absolute atomic E-state index is 12.5. The molecular formula is C22H29N3O3. The van der Waals surface area contributed by atoms with Crippen molar-refractivity contribution in [2.24, 2.45) is 0 Å². The number of aryl methyl sites for hydroxylation is 1. The monoisotopic (exact) mass is 383 g/mol. The van der Waals surface area contributed by atoms with Gasteiger partial charge < -0.3 is 20.1 Å². The van der Waals surface area contributed by atoms with E-state index in [0.29, 0.717) is 11.5 Å². The van der Waals surface area contributed by atoms with Crippen molar-refractivity contribution < 1.29 is 14.3 Å². The molecule has 0 aliphatic carbocycles. The lowest BCUT2D eigenvalue weighted by Gasteiger charge is -2.32. The molecule has 1 aliphatic heterocycles. The number of methoxy groups -OCH3 is 2. The number of piperidine rings is 1. The Morgan fingerprint density at radius 1 is 1.07 bits per heavy atom. The number of carbonyl (C=O) groups is 1. The summed E-state index contributed by atoms with van der Waals surface area (Å²) in [6, 6.07) is 14.1. The SMILES string of the molecule is COc1cc(C)c(NC(=O)NC2CCN(Cc3ccccc3)CC2)cc1OC. The molecule has 1 saturated heterocycles. The van der Waals surface area contributed by atoms with E-state index in [1.165, 1.54) is 5.56 Å². The Bertz CT molecular complexity index is 787. The van der Waals surface area contributed by atoms with Crippen molar-refractivity contribution in [2.75, 3.05) is 32.6 Å². The molecule has 2 aromatic carbocycles. The Labute approximate surface area is 166 Å². The van der Waals surface area contributed by atoms with E-state index < -0.39 is 0 Å². The lowest BCUT2D eigenvalue weighted by atomic mass is 10.0. The molecule has 1 fully saturated rings. The first-order chi connectivity index (χ1) is 13.6. The van der Waals surface area contributed by atoms with Crippen LogP contribution < -0.4 is 20.1 Å². The number of hydrogen-bond acceptors (Lipinski definition) is 4. The summed E-state index contributed by atoms with van der Waals surface area (Å²) in [6.07, 6.45) is 1.90. The second-order valence-corrected chi connectivity index (χ2v) is 7.16. The van der Waals surface area contributed by atoms with E-state index in [1.54, 1.807) is 20.3 Å². The molecule has 2 N–H and O–H groups in total. The number of hydrogen-bond donors (Lipinski definition) is 2. The minimum absolute atomic E-state index is 0.183. The number of ether oxygens (including phenoxy) is 2. The number of benzene rings is 2. The second kappa shape index (κ2) is 9.46. The highest BCUT2D eigenvalue weighted by molar-refractivity contribution is 5.90. The number of carbonyl (C=O) groups excluding carboxylic acids is 1. The third kappa shape index (κ3) is 5.16. The van der Waals surface area contributed by atoms with E-state index in [1.807, 2.05) is 19.1 Å². The largest absolute Gasteiger partial charge is 0.493 e. The first-order valence-corrected chi connectivity index (χ1v) is 9.65.